The van der Waals surface area contributed by atoms with Crippen molar-refractivity contribution in [2.75, 3.05) is 40.0 Å². The first-order chi connectivity index (χ1) is 36.8. The smallest absolute Gasteiger partial charge is 0.337 e. The number of likely N-dealkylation sites (N-methyl/N-ethyl adjacent to an activating group) is 1. The highest BCUT2D eigenvalue weighted by molar-refractivity contribution is 5.98. The number of nitrogens with two attached hydrogens (primary N) is 1. The lowest BCUT2D eigenvalue weighted by molar-refractivity contribution is -0.400. The minimum atomic E-state index is -3.50. The summed E-state index contributed by atoms with van der Waals surface area (Å²) in [4.78, 5) is 78.0. The normalized spacial score (nSPS) is 21.7. The van der Waals surface area contributed by atoms with Crippen LogP contribution in [0.3, 0.4) is 0 Å². The first kappa shape index (κ1) is 57.0. The van der Waals surface area contributed by atoms with Crippen molar-refractivity contribution in [2.24, 2.45) is 10.7 Å². The summed E-state index contributed by atoms with van der Waals surface area (Å²) in [5.74, 6) is -4.71. The minimum absolute atomic E-state index is 0.0380. The number of carboxylic acids is 1. The zero-order chi connectivity index (χ0) is 55.8. The number of nitrogens with one attached hydrogen (secondary N) is 4. The molecule has 4 heterocycles. The third kappa shape index (κ3) is 11.5. The number of aromatic amines is 1. The van der Waals surface area contributed by atoms with Crippen LogP contribution in [0.2, 0.25) is 0 Å². The van der Waals surface area contributed by atoms with Gasteiger partial charge in [-0.05, 0) is 81.8 Å². The number of carbonyl (C=O) groups is 4. The van der Waals surface area contributed by atoms with E-state index in [-0.39, 0.29) is 47.4 Å². The van der Waals surface area contributed by atoms with Gasteiger partial charge in [0.1, 0.15) is 54.3 Å². The fraction of sp³-hybridized carbons (Fsp3) is 0.385. The summed E-state index contributed by atoms with van der Waals surface area (Å²) in [5.41, 5.74) is -0.760. The Bertz CT molecular complexity index is 3140. The summed E-state index contributed by atoms with van der Waals surface area (Å²) in [7, 11) is 1.48. The van der Waals surface area contributed by atoms with Crippen LogP contribution in [0.25, 0.3) is 44.3 Å². The van der Waals surface area contributed by atoms with E-state index < -0.39 is 110 Å². The lowest BCUT2D eigenvalue weighted by Gasteiger charge is -2.59. The van der Waals surface area contributed by atoms with Crippen LogP contribution in [0, 0.1) is 13.8 Å². The molecule has 1 saturated heterocycles. The standard InChI is InChI=1S/C52H61N7O18/c1-28-18-29(2)20-32(19-28)42-40-31(13-15-56-40)23-59(42)77-44-47(74-35-11-12-36-38(21-35)73-25-37(43(36)67)30-7-9-34(65)10-8-30)75-48(50(71,26-63)52(44,72)39(66)6-4-16-60)51(27-64,58-49(53)57-33(24-62)22-54-3)76-46(70)41(45(68)69)55-14-5-17-61/h7-13,15,17-21,23-25,33,39,41,44,47-48,54-56,60,63-66,71-72H,4-6,14,16,22,26-27H2,1-3H3,(H,68,69)(H3,53,57,58)/t33-,39-,41-,44-,47+,48-,50+,51+,52+/m1/s1. The molecule has 14 N–H and O–H groups in total. The number of benzene rings is 3. The molecule has 0 radical (unpaired) electrons. The average molecular weight is 1070 g/mol. The van der Waals surface area contributed by atoms with Crippen molar-refractivity contribution in [1.82, 2.24) is 25.7 Å². The summed E-state index contributed by atoms with van der Waals surface area (Å²) < 4.78 is 26.0. The van der Waals surface area contributed by atoms with Gasteiger partial charge in [-0.3, -0.25) is 10.1 Å². The zero-order valence-corrected chi connectivity index (χ0v) is 42.0. The van der Waals surface area contributed by atoms with E-state index in [0.29, 0.717) is 40.3 Å². The Kier molecular flexibility index (Phi) is 17.8. The number of aromatic nitrogens is 2. The van der Waals surface area contributed by atoms with Gasteiger partial charge in [-0.1, -0.05) is 29.3 Å². The van der Waals surface area contributed by atoms with Crippen LogP contribution in [0.1, 0.15) is 30.4 Å². The summed E-state index contributed by atoms with van der Waals surface area (Å²) in [6.45, 7) is -0.669. The summed E-state index contributed by atoms with van der Waals surface area (Å²) >= 11 is 0. The molecule has 3 aromatic carbocycles. The molecule has 0 spiro atoms. The number of aliphatic hydroxyl groups is 6. The summed E-state index contributed by atoms with van der Waals surface area (Å²) in [6, 6.07) is 13.3. The Hall–Kier alpha value is -7.72. The van der Waals surface area contributed by atoms with E-state index in [2.05, 4.69) is 25.9 Å². The summed E-state index contributed by atoms with van der Waals surface area (Å²) in [5, 5.41) is 101. The maximum atomic E-state index is 14.2. The van der Waals surface area contributed by atoms with Gasteiger partial charge in [0.25, 0.3) is 0 Å². The number of nitrogens with zero attached hydrogens (tertiary/aromatic N) is 2. The Morgan fingerprint density at radius 3 is 2.39 bits per heavy atom. The molecule has 412 valence electrons. The number of guanidine groups is 1. The number of ether oxygens (including phenoxy) is 3. The zero-order valence-electron chi connectivity index (χ0n) is 42.0. The number of hydrogen-bond donors (Lipinski definition) is 13. The van der Waals surface area contributed by atoms with Gasteiger partial charge in [-0.2, -0.15) is 4.73 Å². The van der Waals surface area contributed by atoms with Crippen molar-refractivity contribution in [1.29, 1.82) is 0 Å². The van der Waals surface area contributed by atoms with Gasteiger partial charge in [0.2, 0.25) is 24.2 Å². The number of esters is 1. The second-order valence-corrected chi connectivity index (χ2v) is 18.5. The second kappa shape index (κ2) is 24.1. The number of H-pyrrole nitrogens is 1. The number of aliphatic hydroxyl groups excluding tert-OH is 4. The fourth-order valence-corrected chi connectivity index (χ4v) is 9.49. The molecule has 0 amide bonds. The van der Waals surface area contributed by atoms with Crippen molar-refractivity contribution in [3.8, 4) is 33.9 Å². The van der Waals surface area contributed by atoms with E-state index in [0.717, 1.165) is 11.1 Å². The summed E-state index contributed by atoms with van der Waals surface area (Å²) in [6.07, 6.45) is -5.56. The molecule has 0 saturated carbocycles. The van der Waals surface area contributed by atoms with Gasteiger partial charge < -0.3 is 95.3 Å². The molecule has 0 bridgehead atoms. The lowest BCUT2D eigenvalue weighted by atomic mass is 9.66. The van der Waals surface area contributed by atoms with Crippen LogP contribution < -0.4 is 36.7 Å². The maximum Gasteiger partial charge on any atom is 0.337 e. The van der Waals surface area contributed by atoms with Crippen LogP contribution in [-0.4, -0.2) is 175 Å². The number of fused-ring (bicyclic) bond motifs is 2. The number of carbonyl (C=O) groups excluding carboxylic acids is 3. The highest BCUT2D eigenvalue weighted by atomic mass is 16.8. The average Bonchev–Trinajstić information content (AvgIpc) is 4.06. The number of phenolic OH excluding ortho intramolecular Hbond substituents is 1. The molecular weight excluding hydrogens is 1010 g/mol. The second-order valence-electron chi connectivity index (χ2n) is 18.5. The van der Waals surface area contributed by atoms with Gasteiger partial charge in [0, 0.05) is 49.3 Å². The van der Waals surface area contributed by atoms with Gasteiger partial charge in [0.05, 0.1) is 35.4 Å². The van der Waals surface area contributed by atoms with E-state index in [4.69, 9.17) is 29.2 Å². The predicted molar refractivity (Wildman–Crippen MR) is 274 cm³/mol. The van der Waals surface area contributed by atoms with Crippen molar-refractivity contribution < 1.29 is 83.5 Å². The Morgan fingerprint density at radius 1 is 1.03 bits per heavy atom. The molecule has 0 unspecified atom stereocenters. The van der Waals surface area contributed by atoms with Crippen molar-refractivity contribution in [3.63, 3.8) is 0 Å². The van der Waals surface area contributed by atoms with Crippen LogP contribution in [0.4, 0.5) is 0 Å². The van der Waals surface area contributed by atoms with Gasteiger partial charge in [-0.15, -0.1) is 0 Å². The van der Waals surface area contributed by atoms with Gasteiger partial charge in [-0.25, -0.2) is 14.6 Å². The molecule has 25 nitrogen and oxygen atoms in total. The van der Waals surface area contributed by atoms with Gasteiger partial charge >= 0.3 is 11.9 Å². The van der Waals surface area contributed by atoms with E-state index >= 15 is 0 Å². The molecule has 6 aromatic rings. The van der Waals surface area contributed by atoms with E-state index in [9.17, 15) is 64.8 Å². The number of aryl methyl sites for hydroxylation is 2. The number of aldehydes is 2. The van der Waals surface area contributed by atoms with Crippen LogP contribution in [0.15, 0.2) is 99.6 Å². The van der Waals surface area contributed by atoms with Gasteiger partial charge in [0.15, 0.2) is 28.7 Å². The third-order valence-electron chi connectivity index (χ3n) is 13.1. The largest absolute Gasteiger partial charge is 0.508 e. The highest BCUT2D eigenvalue weighted by Gasteiger charge is 2.75. The number of carboxylic acid groups (broad SMARTS) is 1. The fourth-order valence-electron chi connectivity index (χ4n) is 9.49. The Labute approximate surface area is 438 Å². The topological polar surface area (TPSA) is 392 Å². The molecule has 0 aliphatic carbocycles. The minimum Gasteiger partial charge on any atom is -0.508 e. The van der Waals surface area contributed by atoms with Crippen LogP contribution in [0.5, 0.6) is 11.5 Å². The number of aliphatic carboxylic acids is 1. The molecule has 7 rings (SSSR count). The molecule has 1 fully saturated rings. The van der Waals surface area contributed by atoms with Crippen LogP contribution in [-0.2, 0) is 28.7 Å². The van der Waals surface area contributed by atoms with E-state index in [1.54, 1.807) is 12.3 Å². The van der Waals surface area contributed by atoms with Crippen molar-refractivity contribution in [3.05, 3.63) is 107 Å². The first-order valence-electron chi connectivity index (χ1n) is 24.2. The molecule has 77 heavy (non-hydrogen) atoms. The molecule has 1 aliphatic rings. The molecule has 1 aliphatic heterocycles. The number of aromatic hydroxyl groups is 1. The SMILES string of the molecule is CNC[C@H](C=O)N=C(N)N[C@@](CO)(OC(=O)[C@H](NCCC=O)C(=O)O)[C@@H]1O[C@H](Oc2ccc3c(=O)c(-c4ccc(O)cc4)coc3c2)[C@@H](On2cc3cc[nH]c3c2-c2cc(C)cc(C)c2)[C@@](O)([C@H](O)CCCO)[C@]1(O)CO. The Balaban J connectivity index is 1.48. The van der Waals surface area contributed by atoms with E-state index in [1.807, 2.05) is 32.0 Å². The maximum absolute atomic E-state index is 14.2. The molecule has 3 aromatic heterocycles. The number of rotatable bonds is 25. The third-order valence-corrected chi connectivity index (χ3v) is 13.1. The first-order valence-corrected chi connectivity index (χ1v) is 24.2. The molecular formula is C52H61N7O18. The number of hydrogen-bond acceptors (Lipinski definition) is 20. The highest BCUT2D eigenvalue weighted by Crippen LogP contribution is 2.47. The number of phenols is 1. The van der Waals surface area contributed by atoms with Crippen molar-refractivity contribution >= 4 is 52.3 Å². The Morgan fingerprint density at radius 2 is 1.75 bits per heavy atom. The molecule has 9 atom stereocenters. The number of aliphatic imine (C=N–C) groups is 1. The molecule has 25 heteroatoms. The predicted octanol–water partition coefficient (Wildman–Crippen LogP) is -0.524. The monoisotopic (exact) mass is 1070 g/mol. The quantitative estimate of drug-likeness (QED) is 0.00652. The van der Waals surface area contributed by atoms with E-state index in [1.165, 1.54) is 66.7 Å². The van der Waals surface area contributed by atoms with Crippen molar-refractivity contribution in [2.45, 2.75) is 86.7 Å². The van der Waals surface area contributed by atoms with Crippen LogP contribution >= 0.6 is 0 Å². The lowest BCUT2D eigenvalue weighted by Crippen LogP contribution is -2.86.